The van der Waals surface area contributed by atoms with Crippen LogP contribution < -0.4 is 0 Å². The molecule has 0 saturated carbocycles. The van der Waals surface area contributed by atoms with Gasteiger partial charge in [0.25, 0.3) is 5.91 Å². The largest absolute Gasteiger partial charge is 0.325 e. The Morgan fingerprint density at radius 1 is 1.33 bits per heavy atom. The van der Waals surface area contributed by atoms with Gasteiger partial charge >= 0.3 is 0 Å². The topological polar surface area (TPSA) is 40.6 Å². The van der Waals surface area contributed by atoms with Crippen LogP contribution in [0.2, 0.25) is 0 Å². The van der Waals surface area contributed by atoms with Crippen molar-refractivity contribution in [3.63, 3.8) is 0 Å². The van der Waals surface area contributed by atoms with Crippen molar-refractivity contribution < 1.29 is 9.59 Å². The van der Waals surface area contributed by atoms with Gasteiger partial charge in [-0.15, -0.1) is 0 Å². The van der Waals surface area contributed by atoms with Crippen molar-refractivity contribution in [1.82, 2.24) is 9.80 Å². The Balaban J connectivity index is 2.43. The van der Waals surface area contributed by atoms with Gasteiger partial charge in [0.1, 0.15) is 11.7 Å². The molecule has 0 unspecified atom stereocenters. The number of amides is 2. The number of allylic oxidation sites excluding steroid dienone is 1. The van der Waals surface area contributed by atoms with Crippen LogP contribution in [0, 0.1) is 0 Å². The molecule has 2 amide bonds. The number of carbonyl (C=O) groups is 2. The predicted octanol–water partition coefficient (Wildman–Crippen LogP) is 0.743. The maximum atomic E-state index is 12.1. The van der Waals surface area contributed by atoms with Crippen LogP contribution in [0.15, 0.2) is 11.3 Å². The van der Waals surface area contributed by atoms with Gasteiger partial charge in [0.05, 0.1) is 0 Å². The molecular weight excluding hydrogens is 192 g/mol. The fourth-order valence-corrected chi connectivity index (χ4v) is 2.43. The molecule has 2 heterocycles. The lowest BCUT2D eigenvalue weighted by molar-refractivity contribution is -0.147. The Morgan fingerprint density at radius 2 is 2.00 bits per heavy atom. The zero-order valence-corrected chi connectivity index (χ0v) is 9.41. The zero-order chi connectivity index (χ0) is 11.2. The molecule has 0 aromatic heterocycles. The molecule has 4 nitrogen and oxygen atoms in total. The molecule has 2 fully saturated rings. The van der Waals surface area contributed by atoms with Gasteiger partial charge in [-0.2, -0.15) is 0 Å². The van der Waals surface area contributed by atoms with E-state index in [4.69, 9.17) is 0 Å². The summed E-state index contributed by atoms with van der Waals surface area (Å²) >= 11 is 0. The molecule has 0 spiro atoms. The molecule has 0 aliphatic carbocycles. The smallest absolute Gasteiger partial charge is 0.271 e. The normalized spacial score (nSPS) is 26.1. The molecule has 2 rings (SSSR count). The summed E-state index contributed by atoms with van der Waals surface area (Å²) in [4.78, 5) is 27.3. The number of piperazine rings is 1. The van der Waals surface area contributed by atoms with Crippen molar-refractivity contribution in [2.75, 3.05) is 13.6 Å². The quantitative estimate of drug-likeness (QED) is 0.551. The summed E-state index contributed by atoms with van der Waals surface area (Å²) in [6.07, 6.45) is 1.75. The Morgan fingerprint density at radius 3 is 2.60 bits per heavy atom. The molecule has 2 saturated heterocycles. The second-order valence-corrected chi connectivity index (χ2v) is 4.40. The van der Waals surface area contributed by atoms with E-state index in [0.717, 1.165) is 25.0 Å². The standard InChI is InChI=1S/C11H16N2O2/c1-7(2)9-11(15)13-6-4-5-8(13)10(14)12(9)3/h8H,4-6H2,1-3H3/t8-/m0/s1. The maximum Gasteiger partial charge on any atom is 0.271 e. The zero-order valence-electron chi connectivity index (χ0n) is 9.41. The van der Waals surface area contributed by atoms with Crippen LogP contribution >= 0.6 is 0 Å². The minimum atomic E-state index is -0.203. The highest BCUT2D eigenvalue weighted by Gasteiger charge is 2.43. The van der Waals surface area contributed by atoms with Gasteiger partial charge in [-0.25, -0.2) is 0 Å². The summed E-state index contributed by atoms with van der Waals surface area (Å²) in [5.74, 6) is 0.0721. The third-order valence-electron chi connectivity index (χ3n) is 3.14. The second-order valence-electron chi connectivity index (χ2n) is 4.40. The van der Waals surface area contributed by atoms with Crippen LogP contribution in [0.3, 0.4) is 0 Å². The maximum absolute atomic E-state index is 12.1. The van der Waals surface area contributed by atoms with Crippen molar-refractivity contribution in [3.8, 4) is 0 Å². The molecule has 2 aliphatic heterocycles. The highest BCUT2D eigenvalue weighted by molar-refractivity contribution is 6.05. The van der Waals surface area contributed by atoms with Gasteiger partial charge in [0.2, 0.25) is 5.91 Å². The summed E-state index contributed by atoms with van der Waals surface area (Å²) in [5.41, 5.74) is 1.46. The molecule has 15 heavy (non-hydrogen) atoms. The average Bonchev–Trinajstić information content (AvgIpc) is 2.62. The number of hydrogen-bond acceptors (Lipinski definition) is 2. The van der Waals surface area contributed by atoms with Gasteiger partial charge < -0.3 is 9.80 Å². The molecule has 0 aromatic carbocycles. The Bertz CT molecular complexity index is 356. The highest BCUT2D eigenvalue weighted by Crippen LogP contribution is 2.28. The van der Waals surface area contributed by atoms with Gasteiger partial charge in [0, 0.05) is 13.6 Å². The monoisotopic (exact) mass is 208 g/mol. The lowest BCUT2D eigenvalue weighted by Gasteiger charge is -2.36. The van der Waals surface area contributed by atoms with Crippen LogP contribution in [-0.4, -0.2) is 41.2 Å². The molecule has 4 heteroatoms. The average molecular weight is 208 g/mol. The van der Waals surface area contributed by atoms with Gasteiger partial charge in [-0.3, -0.25) is 9.59 Å². The molecular formula is C11H16N2O2. The fourth-order valence-electron chi connectivity index (χ4n) is 2.43. The summed E-state index contributed by atoms with van der Waals surface area (Å²) < 4.78 is 0. The number of likely N-dealkylation sites (N-methyl/N-ethyl adjacent to an activating group) is 1. The van der Waals surface area contributed by atoms with E-state index in [1.165, 1.54) is 4.90 Å². The van der Waals surface area contributed by atoms with Crippen molar-refractivity contribution in [2.45, 2.75) is 32.7 Å². The number of carbonyl (C=O) groups excluding carboxylic acids is 2. The van der Waals surface area contributed by atoms with Crippen LogP contribution in [0.4, 0.5) is 0 Å². The highest BCUT2D eigenvalue weighted by atomic mass is 16.2. The van der Waals surface area contributed by atoms with Crippen molar-refractivity contribution in [1.29, 1.82) is 0 Å². The Kier molecular flexibility index (Phi) is 2.29. The minimum Gasteiger partial charge on any atom is -0.325 e. The van der Waals surface area contributed by atoms with Crippen LogP contribution in [0.25, 0.3) is 0 Å². The van der Waals surface area contributed by atoms with Crippen molar-refractivity contribution >= 4 is 11.8 Å². The molecule has 0 bridgehead atoms. The van der Waals surface area contributed by atoms with Crippen LogP contribution in [0.5, 0.6) is 0 Å². The number of hydrogen-bond donors (Lipinski definition) is 0. The molecule has 2 aliphatic rings. The number of fused-ring (bicyclic) bond motifs is 1. The fraction of sp³-hybridized carbons (Fsp3) is 0.636. The molecule has 82 valence electrons. The van der Waals surface area contributed by atoms with E-state index >= 15 is 0 Å². The Labute approximate surface area is 89.5 Å². The summed E-state index contributed by atoms with van der Waals surface area (Å²) in [6.45, 7) is 4.46. The first-order valence-corrected chi connectivity index (χ1v) is 5.30. The van der Waals surface area contributed by atoms with Crippen LogP contribution in [-0.2, 0) is 9.59 Å². The number of nitrogens with zero attached hydrogens (tertiary/aromatic N) is 2. The lowest BCUT2D eigenvalue weighted by Crippen LogP contribution is -2.54. The van der Waals surface area contributed by atoms with E-state index in [2.05, 4.69) is 0 Å². The van der Waals surface area contributed by atoms with E-state index in [-0.39, 0.29) is 17.9 Å². The molecule has 0 aromatic rings. The minimum absolute atomic E-state index is 0.0135. The predicted molar refractivity (Wildman–Crippen MR) is 55.9 cm³/mol. The summed E-state index contributed by atoms with van der Waals surface area (Å²) in [6, 6.07) is -0.203. The van der Waals surface area contributed by atoms with Crippen molar-refractivity contribution in [3.05, 3.63) is 11.3 Å². The SMILES string of the molecule is CC(C)=C1C(=O)N2CCC[C@H]2C(=O)N1C. The summed E-state index contributed by atoms with van der Waals surface area (Å²) in [7, 11) is 1.69. The van der Waals surface area contributed by atoms with E-state index in [1.54, 1.807) is 11.9 Å². The first-order valence-electron chi connectivity index (χ1n) is 5.30. The summed E-state index contributed by atoms with van der Waals surface area (Å²) in [5, 5.41) is 0. The van der Waals surface area contributed by atoms with E-state index < -0.39 is 0 Å². The molecule has 0 radical (unpaired) electrons. The lowest BCUT2D eigenvalue weighted by atomic mass is 10.1. The van der Waals surface area contributed by atoms with E-state index in [9.17, 15) is 9.59 Å². The van der Waals surface area contributed by atoms with Crippen LogP contribution in [0.1, 0.15) is 26.7 Å². The first-order chi connectivity index (χ1) is 7.04. The molecule has 1 atom stereocenters. The molecule has 0 N–H and O–H groups in total. The van der Waals surface area contributed by atoms with E-state index in [1.807, 2.05) is 13.8 Å². The van der Waals surface area contributed by atoms with E-state index in [0.29, 0.717) is 5.70 Å². The third kappa shape index (κ3) is 1.35. The van der Waals surface area contributed by atoms with Gasteiger partial charge in [0.15, 0.2) is 0 Å². The second kappa shape index (κ2) is 3.36. The third-order valence-corrected chi connectivity index (χ3v) is 3.14. The first kappa shape index (κ1) is 10.2. The Hall–Kier alpha value is -1.32. The van der Waals surface area contributed by atoms with Gasteiger partial charge in [-0.05, 0) is 32.3 Å². The number of rotatable bonds is 0. The van der Waals surface area contributed by atoms with Crippen molar-refractivity contribution in [2.24, 2.45) is 0 Å². The van der Waals surface area contributed by atoms with Gasteiger partial charge in [-0.1, -0.05) is 0 Å².